The van der Waals surface area contributed by atoms with Gasteiger partial charge in [-0.15, -0.1) is 6.07 Å². The maximum Gasteiger partial charge on any atom is 0.255 e. The smallest absolute Gasteiger partial charge is 0.255 e. The van der Waals surface area contributed by atoms with Crippen molar-refractivity contribution in [1.82, 2.24) is 9.88 Å². The predicted molar refractivity (Wildman–Crippen MR) is 99.7 cm³/mol. The zero-order chi connectivity index (χ0) is 18.8. The van der Waals surface area contributed by atoms with Crippen LogP contribution in [-0.4, -0.2) is 15.6 Å². The Balaban J connectivity index is 0.00000261. The number of nitrogens with zero attached hydrogens (tertiary/aromatic N) is 1. The Morgan fingerprint density at radius 2 is 1.93 bits per heavy atom. The van der Waals surface area contributed by atoms with Crippen molar-refractivity contribution in [3.63, 3.8) is 0 Å². The molecule has 1 heterocycles. The number of amides is 1. The molecule has 0 unspecified atom stereocenters. The Hall–Kier alpha value is -2.13. The molecule has 0 fully saturated rings. The summed E-state index contributed by atoms with van der Waals surface area (Å²) in [6, 6.07) is 11.5. The van der Waals surface area contributed by atoms with Crippen LogP contribution in [0, 0.1) is 12.3 Å². The Labute approximate surface area is 186 Å². The van der Waals surface area contributed by atoms with Gasteiger partial charge in [-0.05, 0) is 29.8 Å². The SMILES string of the molecule is [C-]#Cc1cc2c(O)c(C(=O)NCc3ccc(Cl)cc3)ccc2n(C)c1=O.[Y]. The van der Waals surface area contributed by atoms with Crippen LogP contribution in [0.25, 0.3) is 10.9 Å². The van der Waals surface area contributed by atoms with Crippen molar-refractivity contribution >= 4 is 28.4 Å². The molecule has 7 heteroatoms. The van der Waals surface area contributed by atoms with Crippen LogP contribution >= 0.6 is 11.6 Å². The number of pyridine rings is 1. The molecule has 0 aliphatic rings. The maximum atomic E-state index is 12.4. The van der Waals surface area contributed by atoms with Crippen LogP contribution in [0.3, 0.4) is 0 Å². The Kier molecular flexibility index (Phi) is 6.83. The van der Waals surface area contributed by atoms with Crippen molar-refractivity contribution in [2.75, 3.05) is 0 Å². The number of rotatable bonds is 3. The van der Waals surface area contributed by atoms with Crippen molar-refractivity contribution in [1.29, 1.82) is 0 Å². The fraction of sp³-hybridized carbons (Fsp3) is 0.100. The van der Waals surface area contributed by atoms with E-state index in [4.69, 9.17) is 18.0 Å². The van der Waals surface area contributed by atoms with Crippen molar-refractivity contribution in [2.24, 2.45) is 7.05 Å². The standard InChI is InChI=1S/C20H14ClN2O3.Y/c1-3-13-10-16-17(23(2)20(13)26)9-8-15(18(16)24)19(25)22-11-12-4-6-14(21)7-5-12;/h4-10,24H,11H2,2H3,(H,22,25);/q-1;. The molecule has 0 saturated carbocycles. The summed E-state index contributed by atoms with van der Waals surface area (Å²) in [6.45, 7) is 0.278. The number of carbonyl (C=O) groups is 1. The monoisotopic (exact) mass is 454 g/mol. The van der Waals surface area contributed by atoms with Gasteiger partial charge in [-0.3, -0.25) is 15.5 Å². The molecule has 0 aliphatic heterocycles. The second-order valence-corrected chi connectivity index (χ2v) is 6.19. The first kappa shape index (κ1) is 21.2. The van der Waals surface area contributed by atoms with E-state index in [2.05, 4.69) is 5.32 Å². The van der Waals surface area contributed by atoms with E-state index in [9.17, 15) is 14.7 Å². The zero-order valence-corrected chi connectivity index (χ0v) is 18.0. The first-order valence-corrected chi connectivity index (χ1v) is 8.11. The summed E-state index contributed by atoms with van der Waals surface area (Å²) in [5.74, 6) is 1.35. The molecule has 0 spiro atoms. The molecule has 3 rings (SSSR count). The molecule has 1 amide bonds. The number of fused-ring (bicyclic) bond motifs is 1. The van der Waals surface area contributed by atoms with Gasteiger partial charge in [0, 0.05) is 56.7 Å². The van der Waals surface area contributed by atoms with Crippen LogP contribution in [0.15, 0.2) is 47.3 Å². The number of hydrogen-bond acceptors (Lipinski definition) is 3. The van der Waals surface area contributed by atoms with Gasteiger partial charge in [0.15, 0.2) is 5.56 Å². The molecule has 0 atom stereocenters. The molecule has 0 aliphatic carbocycles. The fourth-order valence-electron chi connectivity index (χ4n) is 2.68. The first-order valence-electron chi connectivity index (χ1n) is 7.73. The number of phenolic OH excluding ortho intramolecular Hbond substituents is 1. The summed E-state index contributed by atoms with van der Waals surface area (Å²) in [4.78, 5) is 24.5. The molecule has 2 aromatic carbocycles. The molecule has 133 valence electrons. The molecular formula is C20H14ClN2O3Y-. The van der Waals surface area contributed by atoms with Gasteiger partial charge in [0.05, 0.1) is 11.1 Å². The maximum absolute atomic E-state index is 12.4. The van der Waals surface area contributed by atoms with Gasteiger partial charge in [-0.2, -0.15) is 0 Å². The summed E-state index contributed by atoms with van der Waals surface area (Å²) in [7, 11) is 1.53. The molecule has 1 radical (unpaired) electrons. The average molecular weight is 455 g/mol. The number of benzene rings is 2. The van der Waals surface area contributed by atoms with Gasteiger partial charge in [-0.25, -0.2) is 0 Å². The summed E-state index contributed by atoms with van der Waals surface area (Å²) in [6.07, 6.45) is 7.21. The molecule has 3 aromatic rings. The molecule has 2 N–H and O–H groups in total. The molecular weight excluding hydrogens is 441 g/mol. The van der Waals surface area contributed by atoms with Crippen LogP contribution in [0.2, 0.25) is 5.02 Å². The summed E-state index contributed by atoms with van der Waals surface area (Å²) >= 11 is 5.83. The van der Waals surface area contributed by atoms with E-state index in [1.165, 1.54) is 23.7 Å². The normalized spacial score (nSPS) is 10.1. The second-order valence-electron chi connectivity index (χ2n) is 5.75. The van der Waals surface area contributed by atoms with Crippen molar-refractivity contribution in [3.05, 3.63) is 81.0 Å². The topological polar surface area (TPSA) is 71.3 Å². The minimum atomic E-state index is -0.450. The molecule has 0 saturated heterocycles. The number of carbonyl (C=O) groups excluding carboxylic acids is 1. The third kappa shape index (κ3) is 4.25. The van der Waals surface area contributed by atoms with E-state index >= 15 is 0 Å². The number of nitrogens with one attached hydrogen (secondary N) is 1. The number of aryl methyl sites for hydroxylation is 1. The number of aromatic hydroxyl groups is 1. The number of halogens is 1. The van der Waals surface area contributed by atoms with E-state index in [0.717, 1.165) is 5.56 Å². The van der Waals surface area contributed by atoms with Crippen LogP contribution < -0.4 is 10.9 Å². The minimum absolute atomic E-state index is 0. The Bertz CT molecular complexity index is 1120. The first-order chi connectivity index (χ1) is 12.4. The van der Waals surface area contributed by atoms with Crippen molar-refractivity contribution in [3.8, 4) is 11.7 Å². The number of hydrogen-bond donors (Lipinski definition) is 2. The van der Waals surface area contributed by atoms with Crippen LogP contribution in [0.1, 0.15) is 21.5 Å². The Morgan fingerprint density at radius 3 is 2.56 bits per heavy atom. The van der Waals surface area contributed by atoms with Gasteiger partial charge >= 0.3 is 0 Å². The zero-order valence-electron chi connectivity index (χ0n) is 14.4. The van der Waals surface area contributed by atoms with Gasteiger partial charge in [0.25, 0.3) is 5.91 Å². The molecule has 27 heavy (non-hydrogen) atoms. The summed E-state index contributed by atoms with van der Waals surface area (Å²) < 4.78 is 1.31. The average Bonchev–Trinajstić information content (AvgIpc) is 2.64. The number of aromatic nitrogens is 1. The summed E-state index contributed by atoms with van der Waals surface area (Å²) in [5, 5.41) is 14.2. The molecule has 5 nitrogen and oxygen atoms in total. The molecule has 0 bridgehead atoms. The van der Waals surface area contributed by atoms with Crippen molar-refractivity contribution in [2.45, 2.75) is 6.54 Å². The Morgan fingerprint density at radius 1 is 1.26 bits per heavy atom. The largest absolute Gasteiger partial charge is 0.506 e. The fourth-order valence-corrected chi connectivity index (χ4v) is 2.81. The van der Waals surface area contributed by atoms with Crippen LogP contribution in [-0.2, 0) is 46.3 Å². The van der Waals surface area contributed by atoms with Crippen LogP contribution in [0.5, 0.6) is 5.75 Å². The van der Waals surface area contributed by atoms with Gasteiger partial charge in [-0.1, -0.05) is 29.3 Å². The number of phenols is 1. The second kappa shape index (κ2) is 8.71. The van der Waals surface area contributed by atoms with E-state index in [1.54, 1.807) is 30.3 Å². The van der Waals surface area contributed by atoms with Gasteiger partial charge < -0.3 is 21.4 Å². The quantitative estimate of drug-likeness (QED) is 0.472. The van der Waals surface area contributed by atoms with E-state index in [1.807, 2.05) is 5.92 Å². The third-order valence-corrected chi connectivity index (χ3v) is 4.38. The third-order valence-electron chi connectivity index (χ3n) is 4.12. The minimum Gasteiger partial charge on any atom is -0.506 e. The predicted octanol–water partition coefficient (Wildman–Crippen LogP) is 2.76. The van der Waals surface area contributed by atoms with E-state index in [-0.39, 0.29) is 56.1 Å². The van der Waals surface area contributed by atoms with E-state index < -0.39 is 11.5 Å². The van der Waals surface area contributed by atoms with E-state index in [0.29, 0.717) is 15.9 Å². The molecule has 1 aromatic heterocycles. The van der Waals surface area contributed by atoms with Crippen molar-refractivity contribution < 1.29 is 42.6 Å². The van der Waals surface area contributed by atoms with Gasteiger partial charge in [0.1, 0.15) is 5.75 Å². The van der Waals surface area contributed by atoms with Gasteiger partial charge in [0.2, 0.25) is 0 Å². The summed E-state index contributed by atoms with van der Waals surface area (Å²) in [5.41, 5.74) is 1.02. The van der Waals surface area contributed by atoms with Crippen LogP contribution in [0.4, 0.5) is 0 Å².